The second-order valence-corrected chi connectivity index (χ2v) is 10.4. The van der Waals surface area contributed by atoms with E-state index in [0.29, 0.717) is 19.3 Å². The molecule has 4 unspecified atom stereocenters. The maximum Gasteiger partial charge on any atom is 0.328 e. The smallest absolute Gasteiger partial charge is 0.328 e. The molecule has 2 aliphatic rings. The van der Waals surface area contributed by atoms with Crippen LogP contribution in [0.15, 0.2) is 36.5 Å². The van der Waals surface area contributed by atoms with Gasteiger partial charge in [0.25, 0.3) is 5.91 Å². The molecule has 0 bridgehead atoms. The summed E-state index contributed by atoms with van der Waals surface area (Å²) in [4.78, 5) is 54.5. The number of pyridine rings is 1. The van der Waals surface area contributed by atoms with Gasteiger partial charge in [0.15, 0.2) is 17.2 Å². The van der Waals surface area contributed by atoms with Crippen molar-refractivity contribution in [1.82, 2.24) is 10.3 Å². The molecule has 1 amide bonds. The lowest BCUT2D eigenvalue weighted by molar-refractivity contribution is -0.162. The molecule has 1 aliphatic carbocycles. The Balaban J connectivity index is 1.52. The Morgan fingerprint density at radius 1 is 1.10 bits per heavy atom. The molecular formula is C30H35FN2O9. The van der Waals surface area contributed by atoms with Gasteiger partial charge in [0.2, 0.25) is 6.79 Å². The highest BCUT2D eigenvalue weighted by molar-refractivity contribution is 5.98. The van der Waals surface area contributed by atoms with Gasteiger partial charge in [-0.05, 0) is 63.1 Å². The van der Waals surface area contributed by atoms with E-state index >= 15 is 0 Å². The van der Waals surface area contributed by atoms with Crippen molar-refractivity contribution in [3.8, 4) is 11.5 Å². The van der Waals surface area contributed by atoms with Gasteiger partial charge in [-0.25, -0.2) is 14.2 Å². The van der Waals surface area contributed by atoms with E-state index in [1.807, 2.05) is 0 Å². The fourth-order valence-corrected chi connectivity index (χ4v) is 4.83. The number of cyclic esters (lactones) is 1. The maximum atomic E-state index is 13.5. The largest absolute Gasteiger partial charge is 0.493 e. The number of methoxy groups -OCH3 is 1. The fourth-order valence-electron chi connectivity index (χ4n) is 4.83. The van der Waals surface area contributed by atoms with Crippen LogP contribution in [0.4, 0.5) is 4.39 Å². The first kappa shape index (κ1) is 30.7. The lowest BCUT2D eigenvalue weighted by Crippen LogP contribution is -2.44. The van der Waals surface area contributed by atoms with E-state index in [4.69, 9.17) is 23.7 Å². The molecule has 42 heavy (non-hydrogen) atoms. The van der Waals surface area contributed by atoms with Gasteiger partial charge < -0.3 is 29.0 Å². The average Bonchev–Trinajstić information content (AvgIpc) is 3.80. The van der Waals surface area contributed by atoms with E-state index in [1.165, 1.54) is 38.4 Å². The number of halogens is 1. The van der Waals surface area contributed by atoms with E-state index in [2.05, 4.69) is 10.3 Å². The number of carbonyl (C=O) groups is 4. The number of amides is 1. The monoisotopic (exact) mass is 586 g/mol. The Labute approximate surface area is 243 Å². The van der Waals surface area contributed by atoms with Gasteiger partial charge in [-0.15, -0.1) is 0 Å². The van der Waals surface area contributed by atoms with E-state index in [1.54, 1.807) is 19.1 Å². The summed E-state index contributed by atoms with van der Waals surface area (Å²) in [5.41, 5.74) is 0.638. The van der Waals surface area contributed by atoms with E-state index in [0.717, 1.165) is 18.4 Å². The first-order valence-corrected chi connectivity index (χ1v) is 13.9. The topological polar surface area (TPSA) is 139 Å². The molecule has 1 saturated heterocycles. The van der Waals surface area contributed by atoms with Crippen LogP contribution in [0.2, 0.25) is 0 Å². The summed E-state index contributed by atoms with van der Waals surface area (Å²) in [6.45, 7) is 2.46. The third-order valence-corrected chi connectivity index (χ3v) is 7.29. The molecule has 1 saturated carbocycles. The predicted molar refractivity (Wildman–Crippen MR) is 145 cm³/mol. The van der Waals surface area contributed by atoms with Crippen molar-refractivity contribution in [3.05, 3.63) is 53.6 Å². The molecule has 0 radical (unpaired) electrons. The molecule has 1 aromatic heterocycles. The number of esters is 3. The molecule has 1 aromatic carbocycles. The predicted octanol–water partition coefficient (Wildman–Crippen LogP) is 3.52. The van der Waals surface area contributed by atoms with Crippen LogP contribution in [0, 0.1) is 17.7 Å². The van der Waals surface area contributed by atoms with E-state index in [9.17, 15) is 23.6 Å². The van der Waals surface area contributed by atoms with Crippen molar-refractivity contribution >= 4 is 23.8 Å². The Hall–Kier alpha value is -4.22. The standard InChI is InChI=1S/C30H35FN2O9/c1-17-22(15-19-7-11-21(31)12-8-19)24(42-29(36)20-9-10-20)6-4-5-23(30(37)41-17)33-28(35)26-27(40-16-39-18(2)34)25(38-3)13-14-32-26/h7-8,11-14,17,20,22-24H,4-6,9-10,15-16H2,1-3H3,(H,33,35). The summed E-state index contributed by atoms with van der Waals surface area (Å²) in [6.07, 6.45) is 3.18. The minimum absolute atomic E-state index is 0.0602. The number of carbonyl (C=O) groups excluding carboxylic acids is 4. The Kier molecular flexibility index (Phi) is 10.3. The normalized spacial score (nSPS) is 22.4. The SMILES string of the molecule is COc1ccnc(C(=O)NC2CCCC(OC(=O)C3CC3)C(Cc3ccc(F)cc3)C(C)OC2=O)c1OCOC(C)=O. The van der Waals surface area contributed by atoms with Crippen molar-refractivity contribution in [2.24, 2.45) is 11.8 Å². The van der Waals surface area contributed by atoms with Crippen LogP contribution in [0.3, 0.4) is 0 Å². The molecule has 2 heterocycles. The van der Waals surface area contributed by atoms with Crippen LogP contribution in [-0.2, 0) is 35.0 Å². The highest BCUT2D eigenvalue weighted by Crippen LogP contribution is 2.34. The molecule has 11 nitrogen and oxygen atoms in total. The summed E-state index contributed by atoms with van der Waals surface area (Å²) < 4.78 is 40.8. The minimum Gasteiger partial charge on any atom is -0.493 e. The molecule has 0 spiro atoms. The van der Waals surface area contributed by atoms with Crippen LogP contribution < -0.4 is 14.8 Å². The number of benzene rings is 1. The van der Waals surface area contributed by atoms with Crippen molar-refractivity contribution in [2.75, 3.05) is 13.9 Å². The summed E-state index contributed by atoms with van der Waals surface area (Å²) in [6, 6.07) is 6.46. The number of aromatic nitrogens is 1. The van der Waals surface area contributed by atoms with Crippen LogP contribution >= 0.6 is 0 Å². The zero-order chi connectivity index (χ0) is 30.2. The first-order chi connectivity index (χ1) is 20.2. The molecule has 2 aromatic rings. The number of ether oxygens (including phenoxy) is 5. The summed E-state index contributed by atoms with van der Waals surface area (Å²) >= 11 is 0. The van der Waals surface area contributed by atoms with Gasteiger partial charge >= 0.3 is 17.9 Å². The van der Waals surface area contributed by atoms with Crippen LogP contribution in [0.1, 0.15) is 62.0 Å². The lowest BCUT2D eigenvalue weighted by atomic mass is 9.87. The van der Waals surface area contributed by atoms with Crippen molar-refractivity contribution in [3.63, 3.8) is 0 Å². The van der Waals surface area contributed by atoms with Crippen molar-refractivity contribution in [2.45, 2.75) is 70.6 Å². The molecular weight excluding hydrogens is 551 g/mol. The molecule has 1 aliphatic heterocycles. The van der Waals surface area contributed by atoms with Crippen molar-refractivity contribution < 1.29 is 47.3 Å². The summed E-state index contributed by atoms with van der Waals surface area (Å²) in [5.74, 6) is -2.97. The quantitative estimate of drug-likeness (QED) is 0.250. The number of hydrogen-bond donors (Lipinski definition) is 1. The average molecular weight is 587 g/mol. The number of nitrogens with one attached hydrogen (secondary N) is 1. The Bertz CT molecular complexity index is 1280. The van der Waals surface area contributed by atoms with Crippen LogP contribution in [0.25, 0.3) is 0 Å². The maximum absolute atomic E-state index is 13.5. The molecule has 4 rings (SSSR count). The second kappa shape index (κ2) is 14.1. The van der Waals surface area contributed by atoms with Gasteiger partial charge in [0, 0.05) is 25.1 Å². The second-order valence-electron chi connectivity index (χ2n) is 10.4. The zero-order valence-electron chi connectivity index (χ0n) is 23.8. The van der Waals surface area contributed by atoms with Gasteiger partial charge in [0.1, 0.15) is 24.1 Å². The van der Waals surface area contributed by atoms with Crippen molar-refractivity contribution in [1.29, 1.82) is 0 Å². The third kappa shape index (κ3) is 8.17. The van der Waals surface area contributed by atoms with Gasteiger partial charge in [-0.3, -0.25) is 14.4 Å². The Morgan fingerprint density at radius 2 is 1.83 bits per heavy atom. The lowest BCUT2D eigenvalue weighted by Gasteiger charge is -2.31. The number of rotatable bonds is 10. The van der Waals surface area contributed by atoms with Gasteiger partial charge in [-0.1, -0.05) is 12.1 Å². The number of nitrogens with zero attached hydrogens (tertiary/aromatic N) is 1. The van der Waals surface area contributed by atoms with Crippen LogP contribution in [0.5, 0.6) is 11.5 Å². The minimum atomic E-state index is -1.03. The molecule has 4 atom stereocenters. The first-order valence-electron chi connectivity index (χ1n) is 13.9. The highest BCUT2D eigenvalue weighted by Gasteiger charge is 2.39. The fraction of sp³-hybridized carbons (Fsp3) is 0.500. The molecule has 1 N–H and O–H groups in total. The van der Waals surface area contributed by atoms with Crippen LogP contribution in [-0.4, -0.2) is 61.0 Å². The van der Waals surface area contributed by atoms with E-state index < -0.39 is 48.8 Å². The third-order valence-electron chi connectivity index (χ3n) is 7.29. The number of hydrogen-bond acceptors (Lipinski definition) is 10. The summed E-state index contributed by atoms with van der Waals surface area (Å²) in [7, 11) is 1.38. The highest BCUT2D eigenvalue weighted by atomic mass is 19.1. The zero-order valence-corrected chi connectivity index (χ0v) is 23.8. The molecule has 2 fully saturated rings. The molecule has 12 heteroatoms. The molecule has 226 valence electrons. The Morgan fingerprint density at radius 3 is 2.50 bits per heavy atom. The van der Waals surface area contributed by atoms with E-state index in [-0.39, 0.29) is 41.3 Å². The summed E-state index contributed by atoms with van der Waals surface area (Å²) in [5, 5.41) is 2.68. The van der Waals surface area contributed by atoms with Gasteiger partial charge in [-0.2, -0.15) is 0 Å². The van der Waals surface area contributed by atoms with Gasteiger partial charge in [0.05, 0.1) is 13.0 Å².